The van der Waals surface area contributed by atoms with E-state index in [-0.39, 0.29) is 18.1 Å². The van der Waals surface area contributed by atoms with Gasteiger partial charge in [-0.1, -0.05) is 40.2 Å². The molecule has 0 unspecified atom stereocenters. The largest absolute Gasteiger partial charge is 0.335 e. The van der Waals surface area contributed by atoms with E-state index in [0.717, 1.165) is 20.9 Å². The Kier molecular flexibility index (Phi) is 4.17. The van der Waals surface area contributed by atoms with E-state index >= 15 is 0 Å². The van der Waals surface area contributed by atoms with Crippen LogP contribution in [0.2, 0.25) is 0 Å². The molecule has 6 nitrogen and oxygen atoms in total. The van der Waals surface area contributed by atoms with Gasteiger partial charge < -0.3 is 5.32 Å². The second-order valence-corrected chi connectivity index (χ2v) is 7.62. The number of aromatic nitrogens is 3. The van der Waals surface area contributed by atoms with E-state index in [1.165, 1.54) is 4.57 Å². The number of amides is 1. The summed E-state index contributed by atoms with van der Waals surface area (Å²) >= 11 is 3.37. The highest BCUT2D eigenvalue weighted by Gasteiger charge is 2.16. The molecule has 0 radical (unpaired) electrons. The molecule has 29 heavy (non-hydrogen) atoms. The Morgan fingerprint density at radius 2 is 1.62 bits per heavy atom. The van der Waals surface area contributed by atoms with Crippen molar-refractivity contribution in [2.75, 3.05) is 5.32 Å². The van der Waals surface area contributed by atoms with Crippen LogP contribution in [0, 0.1) is 0 Å². The molecule has 0 bridgehead atoms. The zero-order chi connectivity index (χ0) is 20.0. The van der Waals surface area contributed by atoms with Crippen molar-refractivity contribution in [2.24, 2.45) is 0 Å². The van der Waals surface area contributed by atoms with Crippen LogP contribution in [0.4, 0.5) is 5.69 Å². The third-order valence-electron chi connectivity index (χ3n) is 4.85. The van der Waals surface area contributed by atoms with Crippen molar-refractivity contribution in [3.05, 3.63) is 87.8 Å². The maximum atomic E-state index is 13.3. The molecule has 0 atom stereocenters. The number of imidazole rings is 1. The van der Waals surface area contributed by atoms with Gasteiger partial charge in [0.05, 0.1) is 16.6 Å². The van der Waals surface area contributed by atoms with Crippen LogP contribution >= 0.6 is 15.9 Å². The van der Waals surface area contributed by atoms with Crippen LogP contribution < -0.4 is 11.0 Å². The first-order valence-electron chi connectivity index (χ1n) is 9.06. The Morgan fingerprint density at radius 1 is 0.931 bits per heavy atom. The average molecular weight is 447 g/mol. The van der Waals surface area contributed by atoms with Crippen LogP contribution in [0.25, 0.3) is 27.6 Å². The van der Waals surface area contributed by atoms with Gasteiger partial charge in [-0.2, -0.15) is 0 Å². The molecule has 0 saturated carbocycles. The highest BCUT2D eigenvalue weighted by atomic mass is 79.9. The van der Waals surface area contributed by atoms with E-state index < -0.39 is 0 Å². The molecule has 1 amide bonds. The summed E-state index contributed by atoms with van der Waals surface area (Å²) in [4.78, 5) is 30.7. The predicted molar refractivity (Wildman–Crippen MR) is 117 cm³/mol. The first kappa shape index (κ1) is 17.6. The van der Waals surface area contributed by atoms with Gasteiger partial charge in [-0.05, 0) is 48.5 Å². The summed E-state index contributed by atoms with van der Waals surface area (Å²) in [7, 11) is 0. The quantitative estimate of drug-likeness (QED) is 0.451. The summed E-state index contributed by atoms with van der Waals surface area (Å²) in [5, 5.41) is 3.66. The molecule has 0 aliphatic heterocycles. The number of carbonyl (C=O) groups excluding carboxylic acids is 1. The SMILES string of the molecule is O=C(Cn1c(=O)n2c3ccccc3nc2c2ccccc21)Nc1ccc(Br)cc1. The Bertz CT molecular complexity index is 1450. The summed E-state index contributed by atoms with van der Waals surface area (Å²) < 4.78 is 3.99. The van der Waals surface area contributed by atoms with E-state index in [4.69, 9.17) is 0 Å². The van der Waals surface area contributed by atoms with Crippen LogP contribution in [0.1, 0.15) is 0 Å². The minimum atomic E-state index is -0.293. The summed E-state index contributed by atoms with van der Waals surface area (Å²) in [5.74, 6) is -0.275. The minimum Gasteiger partial charge on any atom is -0.325 e. The molecule has 5 aromatic rings. The van der Waals surface area contributed by atoms with Crippen LogP contribution in [-0.2, 0) is 11.3 Å². The number of carbonyl (C=O) groups is 1. The number of para-hydroxylation sites is 3. The lowest BCUT2D eigenvalue weighted by atomic mass is 10.2. The number of nitrogens with zero attached hydrogens (tertiary/aromatic N) is 3. The first-order chi connectivity index (χ1) is 14.1. The molecule has 0 spiro atoms. The number of anilines is 1. The van der Waals surface area contributed by atoms with Gasteiger partial charge in [0.1, 0.15) is 6.54 Å². The summed E-state index contributed by atoms with van der Waals surface area (Å²) in [6, 6.07) is 22.3. The van der Waals surface area contributed by atoms with Crippen LogP contribution in [-0.4, -0.2) is 19.9 Å². The zero-order valence-electron chi connectivity index (χ0n) is 15.2. The Morgan fingerprint density at radius 3 is 2.41 bits per heavy atom. The van der Waals surface area contributed by atoms with Gasteiger partial charge in [0.25, 0.3) is 0 Å². The molecule has 0 saturated heterocycles. The van der Waals surface area contributed by atoms with Crippen molar-refractivity contribution < 1.29 is 4.79 Å². The fourth-order valence-electron chi connectivity index (χ4n) is 3.55. The zero-order valence-corrected chi connectivity index (χ0v) is 16.8. The normalized spacial score (nSPS) is 11.3. The molecule has 3 aromatic carbocycles. The lowest BCUT2D eigenvalue weighted by Crippen LogP contribution is -2.32. The van der Waals surface area contributed by atoms with E-state index in [1.54, 1.807) is 16.5 Å². The van der Waals surface area contributed by atoms with Gasteiger partial charge in [-0.3, -0.25) is 9.36 Å². The van der Waals surface area contributed by atoms with E-state index in [2.05, 4.69) is 26.2 Å². The molecule has 0 aliphatic carbocycles. The number of fused-ring (bicyclic) bond motifs is 5. The number of hydrogen-bond donors (Lipinski definition) is 1. The van der Waals surface area contributed by atoms with Crippen molar-refractivity contribution in [1.82, 2.24) is 14.0 Å². The average Bonchev–Trinajstić information content (AvgIpc) is 3.13. The molecule has 5 rings (SSSR count). The van der Waals surface area contributed by atoms with Crippen molar-refractivity contribution in [3.63, 3.8) is 0 Å². The van der Waals surface area contributed by atoms with Gasteiger partial charge >= 0.3 is 5.69 Å². The van der Waals surface area contributed by atoms with Crippen molar-refractivity contribution in [2.45, 2.75) is 6.54 Å². The maximum absolute atomic E-state index is 13.3. The molecule has 7 heteroatoms. The standard InChI is InChI=1S/C22H15BrN4O2/c23-14-9-11-15(12-10-14)24-20(28)13-26-18-7-3-1-5-16(18)21-25-17-6-2-4-8-19(17)27(21)22(26)29/h1-12H,13H2,(H,24,28). The summed E-state index contributed by atoms with van der Waals surface area (Å²) in [5.41, 5.74) is 3.11. The number of benzene rings is 3. The van der Waals surface area contributed by atoms with Crippen molar-refractivity contribution in [1.29, 1.82) is 0 Å². The molecule has 1 N–H and O–H groups in total. The van der Waals surface area contributed by atoms with E-state index in [1.807, 2.05) is 60.7 Å². The molecular formula is C22H15BrN4O2. The molecule has 0 aliphatic rings. The lowest BCUT2D eigenvalue weighted by molar-refractivity contribution is -0.116. The molecule has 2 aromatic heterocycles. The smallest absolute Gasteiger partial charge is 0.325 e. The molecule has 0 fully saturated rings. The topological polar surface area (TPSA) is 68.4 Å². The minimum absolute atomic E-state index is 0.0993. The summed E-state index contributed by atoms with van der Waals surface area (Å²) in [6.45, 7) is -0.0993. The van der Waals surface area contributed by atoms with Crippen LogP contribution in [0.3, 0.4) is 0 Å². The summed E-state index contributed by atoms with van der Waals surface area (Å²) in [6.07, 6.45) is 0. The molecule has 142 valence electrons. The number of halogens is 1. The number of nitrogens with one attached hydrogen (secondary N) is 1. The van der Waals surface area contributed by atoms with Crippen molar-refractivity contribution >= 4 is 55.1 Å². The second-order valence-electron chi connectivity index (χ2n) is 6.70. The third-order valence-corrected chi connectivity index (χ3v) is 5.38. The fraction of sp³-hybridized carbons (Fsp3) is 0.0455. The molecule has 2 heterocycles. The predicted octanol–water partition coefficient (Wildman–Crippen LogP) is 4.20. The first-order valence-corrected chi connectivity index (χ1v) is 9.85. The Hall–Kier alpha value is -3.45. The third kappa shape index (κ3) is 3.00. The highest BCUT2D eigenvalue weighted by molar-refractivity contribution is 9.10. The molecular weight excluding hydrogens is 432 g/mol. The maximum Gasteiger partial charge on any atom is 0.335 e. The highest BCUT2D eigenvalue weighted by Crippen LogP contribution is 2.22. The van der Waals surface area contributed by atoms with E-state index in [9.17, 15) is 9.59 Å². The van der Waals surface area contributed by atoms with Crippen molar-refractivity contribution in [3.8, 4) is 0 Å². The Labute approximate surface area is 173 Å². The van der Waals surface area contributed by atoms with Gasteiger partial charge in [-0.15, -0.1) is 0 Å². The lowest BCUT2D eigenvalue weighted by Gasteiger charge is -2.12. The van der Waals surface area contributed by atoms with Gasteiger partial charge in [0.15, 0.2) is 5.65 Å². The number of hydrogen-bond acceptors (Lipinski definition) is 3. The van der Waals surface area contributed by atoms with Gasteiger partial charge in [0.2, 0.25) is 5.91 Å². The fourth-order valence-corrected chi connectivity index (χ4v) is 3.82. The second kappa shape index (κ2) is 6.86. The number of rotatable bonds is 3. The van der Waals surface area contributed by atoms with Crippen LogP contribution in [0.15, 0.2) is 82.1 Å². The Balaban J connectivity index is 1.66. The van der Waals surface area contributed by atoms with Gasteiger partial charge in [0, 0.05) is 15.5 Å². The van der Waals surface area contributed by atoms with Crippen LogP contribution in [0.5, 0.6) is 0 Å². The van der Waals surface area contributed by atoms with E-state index in [0.29, 0.717) is 16.9 Å². The monoisotopic (exact) mass is 446 g/mol. The van der Waals surface area contributed by atoms with Gasteiger partial charge in [-0.25, -0.2) is 14.2 Å².